The van der Waals surface area contributed by atoms with Gasteiger partial charge in [0.1, 0.15) is 5.84 Å². The Labute approximate surface area is 68.1 Å². The van der Waals surface area contributed by atoms with Crippen LogP contribution >= 0.6 is 0 Å². The van der Waals surface area contributed by atoms with Crippen LogP contribution < -0.4 is 5.73 Å². The van der Waals surface area contributed by atoms with Crippen molar-refractivity contribution >= 4 is 11.8 Å². The molecule has 1 heterocycles. The van der Waals surface area contributed by atoms with Gasteiger partial charge in [-0.1, -0.05) is 0 Å². The summed E-state index contributed by atoms with van der Waals surface area (Å²) in [4.78, 5) is 10.5. The van der Waals surface area contributed by atoms with E-state index in [0.717, 1.165) is 0 Å². The molecule has 0 radical (unpaired) electrons. The lowest BCUT2D eigenvalue weighted by Crippen LogP contribution is -2.14. The Bertz CT molecular complexity index is 310. The van der Waals surface area contributed by atoms with Crippen LogP contribution in [-0.2, 0) is 7.05 Å². The van der Waals surface area contributed by atoms with Crippen molar-refractivity contribution in [2.75, 3.05) is 0 Å². The molecule has 64 valence electrons. The van der Waals surface area contributed by atoms with Crippen molar-refractivity contribution in [3.8, 4) is 0 Å². The van der Waals surface area contributed by atoms with Crippen molar-refractivity contribution in [3.63, 3.8) is 0 Å². The van der Waals surface area contributed by atoms with E-state index < -0.39 is 5.97 Å². The van der Waals surface area contributed by atoms with Crippen LogP contribution in [0.15, 0.2) is 6.20 Å². The van der Waals surface area contributed by atoms with E-state index in [1.807, 2.05) is 0 Å². The van der Waals surface area contributed by atoms with Crippen molar-refractivity contribution in [2.45, 2.75) is 0 Å². The molecule has 0 amide bonds. The number of aromatic carboxylic acids is 1. The van der Waals surface area contributed by atoms with Gasteiger partial charge < -0.3 is 10.8 Å². The fourth-order valence-electron chi connectivity index (χ4n) is 0.844. The lowest BCUT2D eigenvalue weighted by atomic mass is 10.2. The molecule has 1 aromatic heterocycles. The first-order chi connectivity index (χ1) is 5.52. The summed E-state index contributed by atoms with van der Waals surface area (Å²) in [7, 11) is 1.57. The summed E-state index contributed by atoms with van der Waals surface area (Å²) in [5, 5.41) is 19.3. The second-order valence-electron chi connectivity index (χ2n) is 2.28. The smallest absolute Gasteiger partial charge is 0.357 e. The number of nitrogens with zero attached hydrogens (tertiary/aromatic N) is 2. The van der Waals surface area contributed by atoms with E-state index in [2.05, 4.69) is 5.10 Å². The third kappa shape index (κ3) is 1.26. The Balaban J connectivity index is 3.26. The average Bonchev–Trinajstić information content (AvgIpc) is 2.31. The number of nitrogen functional groups attached to an aromatic ring is 1. The molecule has 4 N–H and O–H groups in total. The van der Waals surface area contributed by atoms with Gasteiger partial charge in [-0.2, -0.15) is 5.10 Å². The molecule has 0 atom stereocenters. The Morgan fingerprint density at radius 3 is 2.75 bits per heavy atom. The lowest BCUT2D eigenvalue weighted by Gasteiger charge is -1.91. The number of carboxylic acids is 1. The largest absolute Gasteiger partial charge is 0.476 e. The zero-order valence-corrected chi connectivity index (χ0v) is 6.40. The monoisotopic (exact) mass is 168 g/mol. The topological polar surface area (TPSA) is 105 Å². The minimum absolute atomic E-state index is 0.144. The fourth-order valence-corrected chi connectivity index (χ4v) is 0.844. The molecule has 0 aliphatic carbocycles. The highest BCUT2D eigenvalue weighted by atomic mass is 16.4. The number of aromatic nitrogens is 2. The number of nitrogens with one attached hydrogen (secondary N) is 1. The molecule has 0 spiro atoms. The molecule has 0 unspecified atom stereocenters. The van der Waals surface area contributed by atoms with Gasteiger partial charge in [-0.25, -0.2) is 4.79 Å². The van der Waals surface area contributed by atoms with E-state index in [0.29, 0.717) is 0 Å². The highest BCUT2D eigenvalue weighted by Crippen LogP contribution is 2.04. The van der Waals surface area contributed by atoms with Gasteiger partial charge in [0, 0.05) is 13.2 Å². The van der Waals surface area contributed by atoms with Crippen LogP contribution in [0.4, 0.5) is 0 Å². The van der Waals surface area contributed by atoms with Gasteiger partial charge in [0.05, 0.1) is 5.56 Å². The first-order valence-corrected chi connectivity index (χ1v) is 3.13. The van der Waals surface area contributed by atoms with Crippen molar-refractivity contribution in [3.05, 3.63) is 17.5 Å². The summed E-state index contributed by atoms with van der Waals surface area (Å²) in [6, 6.07) is 0. The first-order valence-electron chi connectivity index (χ1n) is 3.13. The van der Waals surface area contributed by atoms with E-state index in [4.69, 9.17) is 16.2 Å². The summed E-state index contributed by atoms with van der Waals surface area (Å²) < 4.78 is 1.31. The number of hydrogen-bond acceptors (Lipinski definition) is 3. The number of aryl methyl sites for hydroxylation is 1. The van der Waals surface area contributed by atoms with Crippen LogP contribution in [0.3, 0.4) is 0 Å². The number of carbonyl (C=O) groups is 1. The van der Waals surface area contributed by atoms with E-state index >= 15 is 0 Å². The predicted octanol–water partition coefficient (Wildman–Crippen LogP) is -0.598. The fraction of sp³-hybridized carbons (Fsp3) is 0.167. The molecule has 12 heavy (non-hydrogen) atoms. The third-order valence-electron chi connectivity index (χ3n) is 1.32. The molecule has 6 heteroatoms. The summed E-state index contributed by atoms with van der Waals surface area (Å²) in [5.41, 5.74) is 5.09. The molecule has 0 aromatic carbocycles. The standard InChI is InChI=1S/C6H8N4O2/c1-10-2-3(5(7)8)4(9-10)6(11)12/h2H,1H3,(H3,7,8)(H,11,12). The number of carboxylic acid groups (broad SMARTS) is 1. The van der Waals surface area contributed by atoms with Gasteiger partial charge in [0.2, 0.25) is 0 Å². The van der Waals surface area contributed by atoms with Crippen LogP contribution in [0.1, 0.15) is 16.1 Å². The highest BCUT2D eigenvalue weighted by molar-refractivity contribution is 6.03. The summed E-state index contributed by atoms with van der Waals surface area (Å²) >= 11 is 0. The Morgan fingerprint density at radius 2 is 2.42 bits per heavy atom. The van der Waals surface area contributed by atoms with Gasteiger partial charge >= 0.3 is 5.97 Å². The maximum absolute atomic E-state index is 10.5. The van der Waals surface area contributed by atoms with Gasteiger partial charge in [0.15, 0.2) is 5.69 Å². The van der Waals surface area contributed by atoms with E-state index in [1.54, 1.807) is 7.05 Å². The molecule has 1 aromatic rings. The Morgan fingerprint density at radius 1 is 1.83 bits per heavy atom. The van der Waals surface area contributed by atoms with E-state index in [1.165, 1.54) is 10.9 Å². The van der Waals surface area contributed by atoms with E-state index in [-0.39, 0.29) is 17.1 Å². The molecular formula is C6H8N4O2. The number of hydrogen-bond donors (Lipinski definition) is 3. The molecule has 0 fully saturated rings. The molecule has 0 aliphatic rings. The molecule has 0 saturated carbocycles. The third-order valence-corrected chi connectivity index (χ3v) is 1.32. The number of rotatable bonds is 2. The van der Waals surface area contributed by atoms with Gasteiger partial charge in [-0.15, -0.1) is 0 Å². The minimum Gasteiger partial charge on any atom is -0.476 e. The lowest BCUT2D eigenvalue weighted by molar-refractivity contribution is 0.0689. The van der Waals surface area contributed by atoms with Crippen molar-refractivity contribution in [1.29, 1.82) is 5.41 Å². The second-order valence-corrected chi connectivity index (χ2v) is 2.28. The van der Waals surface area contributed by atoms with Crippen LogP contribution in [0.2, 0.25) is 0 Å². The van der Waals surface area contributed by atoms with Crippen LogP contribution in [0.25, 0.3) is 0 Å². The summed E-state index contributed by atoms with van der Waals surface area (Å²) in [6.07, 6.45) is 1.39. The normalized spacial score (nSPS) is 9.75. The molecule has 1 rings (SSSR count). The zero-order valence-electron chi connectivity index (χ0n) is 6.40. The molecular weight excluding hydrogens is 160 g/mol. The van der Waals surface area contributed by atoms with Crippen molar-refractivity contribution in [1.82, 2.24) is 9.78 Å². The summed E-state index contributed by atoms with van der Waals surface area (Å²) in [6.45, 7) is 0. The Kier molecular flexibility index (Phi) is 1.82. The van der Waals surface area contributed by atoms with Crippen LogP contribution in [0, 0.1) is 5.41 Å². The number of nitrogens with two attached hydrogens (primary N) is 1. The predicted molar refractivity (Wildman–Crippen MR) is 41.2 cm³/mol. The maximum Gasteiger partial charge on any atom is 0.357 e. The second kappa shape index (κ2) is 2.65. The number of amidine groups is 1. The molecule has 0 saturated heterocycles. The van der Waals surface area contributed by atoms with Crippen molar-refractivity contribution in [2.24, 2.45) is 12.8 Å². The summed E-state index contributed by atoms with van der Waals surface area (Å²) in [5.74, 6) is -1.47. The van der Waals surface area contributed by atoms with Crippen molar-refractivity contribution < 1.29 is 9.90 Å². The first kappa shape index (κ1) is 8.25. The van der Waals surface area contributed by atoms with Gasteiger partial charge in [-0.3, -0.25) is 10.1 Å². The minimum atomic E-state index is -1.18. The molecule has 0 bridgehead atoms. The maximum atomic E-state index is 10.5. The highest BCUT2D eigenvalue weighted by Gasteiger charge is 2.16. The van der Waals surface area contributed by atoms with Gasteiger partial charge in [-0.05, 0) is 0 Å². The van der Waals surface area contributed by atoms with Crippen LogP contribution in [0.5, 0.6) is 0 Å². The average molecular weight is 168 g/mol. The quantitative estimate of drug-likeness (QED) is 0.405. The zero-order chi connectivity index (χ0) is 9.30. The van der Waals surface area contributed by atoms with E-state index in [9.17, 15) is 4.79 Å². The van der Waals surface area contributed by atoms with Gasteiger partial charge in [0.25, 0.3) is 0 Å². The Hall–Kier alpha value is -1.85. The molecule has 6 nitrogen and oxygen atoms in total. The van der Waals surface area contributed by atoms with Crippen LogP contribution in [-0.4, -0.2) is 26.7 Å². The molecule has 0 aliphatic heterocycles. The SMILES string of the molecule is Cn1cc(C(=N)N)c(C(=O)O)n1.